The molecule has 1 heterocycles. The molecule has 0 aliphatic heterocycles. The molecule has 17 heavy (non-hydrogen) atoms. The van der Waals surface area contributed by atoms with Crippen LogP contribution in [0.15, 0.2) is 18.2 Å². The number of aromatic nitrogens is 3. The molecular formula is C12H15N3OS. The number of methoxy groups -OCH3 is 1. The number of benzene rings is 1. The standard InChI is InChI=1S/C12H15N3OS/c1-4-11-13-14-12(17)15(11)10-7-9(16-3)6-5-8(10)2/h5-7H,4H2,1-3H3,(H,14,17). The summed E-state index contributed by atoms with van der Waals surface area (Å²) in [7, 11) is 1.66. The number of nitrogens with one attached hydrogen (secondary N) is 1. The van der Waals surface area contributed by atoms with Crippen LogP contribution in [0, 0.1) is 11.7 Å². The summed E-state index contributed by atoms with van der Waals surface area (Å²) in [4.78, 5) is 0. The van der Waals surface area contributed by atoms with E-state index in [9.17, 15) is 0 Å². The van der Waals surface area contributed by atoms with E-state index >= 15 is 0 Å². The number of rotatable bonds is 3. The lowest BCUT2D eigenvalue weighted by Crippen LogP contribution is -2.02. The van der Waals surface area contributed by atoms with Gasteiger partial charge in [0.15, 0.2) is 4.77 Å². The van der Waals surface area contributed by atoms with Crippen molar-refractivity contribution < 1.29 is 4.74 Å². The molecule has 1 aromatic carbocycles. The lowest BCUT2D eigenvalue weighted by Gasteiger charge is -2.10. The van der Waals surface area contributed by atoms with Crippen molar-refractivity contribution in [2.75, 3.05) is 7.11 Å². The van der Waals surface area contributed by atoms with Crippen LogP contribution < -0.4 is 4.74 Å². The highest BCUT2D eigenvalue weighted by atomic mass is 32.1. The summed E-state index contributed by atoms with van der Waals surface area (Å²) < 4.78 is 7.80. The molecule has 0 amide bonds. The van der Waals surface area contributed by atoms with Crippen molar-refractivity contribution >= 4 is 12.2 Å². The number of nitrogens with zero attached hydrogens (tertiary/aromatic N) is 2. The summed E-state index contributed by atoms with van der Waals surface area (Å²) in [6.07, 6.45) is 0.823. The maximum Gasteiger partial charge on any atom is 0.199 e. The fourth-order valence-corrected chi connectivity index (χ4v) is 2.02. The van der Waals surface area contributed by atoms with Crippen LogP contribution in [0.3, 0.4) is 0 Å². The fraction of sp³-hybridized carbons (Fsp3) is 0.333. The van der Waals surface area contributed by atoms with Crippen LogP contribution in [0.1, 0.15) is 18.3 Å². The molecule has 0 fully saturated rings. The van der Waals surface area contributed by atoms with Gasteiger partial charge in [0.1, 0.15) is 11.6 Å². The highest BCUT2D eigenvalue weighted by molar-refractivity contribution is 7.71. The minimum atomic E-state index is 0.609. The normalized spacial score (nSPS) is 10.5. The fourth-order valence-electron chi connectivity index (χ4n) is 1.77. The van der Waals surface area contributed by atoms with Gasteiger partial charge < -0.3 is 4.74 Å². The Morgan fingerprint density at radius 2 is 2.24 bits per heavy atom. The van der Waals surface area contributed by atoms with Crippen LogP contribution in [-0.2, 0) is 6.42 Å². The van der Waals surface area contributed by atoms with E-state index in [1.54, 1.807) is 7.11 Å². The molecule has 0 aliphatic rings. The third kappa shape index (κ3) is 2.10. The summed E-state index contributed by atoms with van der Waals surface area (Å²) >= 11 is 5.26. The molecule has 0 saturated carbocycles. The Morgan fingerprint density at radius 1 is 1.47 bits per heavy atom. The Balaban J connectivity index is 2.66. The van der Waals surface area contributed by atoms with E-state index in [4.69, 9.17) is 17.0 Å². The first kappa shape index (κ1) is 11.9. The van der Waals surface area contributed by atoms with Crippen molar-refractivity contribution in [2.24, 2.45) is 0 Å². The van der Waals surface area contributed by atoms with Crippen molar-refractivity contribution in [1.82, 2.24) is 14.8 Å². The van der Waals surface area contributed by atoms with Gasteiger partial charge in [0.2, 0.25) is 0 Å². The second-order valence-electron chi connectivity index (χ2n) is 3.79. The first-order valence-corrected chi connectivity index (χ1v) is 5.89. The number of ether oxygens (including phenoxy) is 1. The lowest BCUT2D eigenvalue weighted by atomic mass is 10.2. The Hall–Kier alpha value is -1.62. The summed E-state index contributed by atoms with van der Waals surface area (Å²) in [6.45, 7) is 4.10. The molecule has 0 spiro atoms. The Kier molecular flexibility index (Phi) is 3.28. The van der Waals surface area contributed by atoms with Gasteiger partial charge in [-0.3, -0.25) is 9.67 Å². The maximum absolute atomic E-state index is 5.26. The van der Waals surface area contributed by atoms with Crippen molar-refractivity contribution in [3.8, 4) is 11.4 Å². The maximum atomic E-state index is 5.26. The second kappa shape index (κ2) is 4.71. The molecule has 0 radical (unpaired) electrons. The largest absolute Gasteiger partial charge is 0.497 e. The summed E-state index contributed by atoms with van der Waals surface area (Å²) in [6, 6.07) is 5.93. The second-order valence-corrected chi connectivity index (χ2v) is 4.17. The van der Waals surface area contributed by atoms with Gasteiger partial charge in [0.25, 0.3) is 0 Å². The molecule has 0 aliphatic carbocycles. The molecule has 4 nitrogen and oxygen atoms in total. The number of aromatic amines is 1. The number of aryl methyl sites for hydroxylation is 2. The SMILES string of the molecule is CCc1n[nH]c(=S)n1-c1cc(OC)ccc1C. The summed E-state index contributed by atoms with van der Waals surface area (Å²) in [5.74, 6) is 1.74. The molecule has 0 atom stereocenters. The van der Waals surface area contributed by atoms with Crippen LogP contribution >= 0.6 is 12.2 Å². The molecule has 0 saturated heterocycles. The topological polar surface area (TPSA) is 42.8 Å². The van der Waals surface area contributed by atoms with Gasteiger partial charge in [0, 0.05) is 12.5 Å². The number of hydrogen-bond donors (Lipinski definition) is 1. The van der Waals surface area contributed by atoms with Crippen molar-refractivity contribution in [1.29, 1.82) is 0 Å². The zero-order valence-corrected chi connectivity index (χ0v) is 11.0. The molecule has 5 heteroatoms. The van der Waals surface area contributed by atoms with Gasteiger partial charge in [-0.25, -0.2) is 0 Å². The molecule has 1 aromatic heterocycles. The minimum Gasteiger partial charge on any atom is -0.497 e. The molecule has 0 unspecified atom stereocenters. The van der Waals surface area contributed by atoms with Gasteiger partial charge in [-0.1, -0.05) is 13.0 Å². The minimum absolute atomic E-state index is 0.609. The molecular weight excluding hydrogens is 234 g/mol. The van der Waals surface area contributed by atoms with E-state index in [0.717, 1.165) is 29.2 Å². The Bertz CT molecular complexity index is 586. The first-order chi connectivity index (χ1) is 8.17. The van der Waals surface area contributed by atoms with Gasteiger partial charge in [0.05, 0.1) is 12.8 Å². The van der Waals surface area contributed by atoms with Crippen molar-refractivity contribution in [3.63, 3.8) is 0 Å². The highest BCUT2D eigenvalue weighted by Gasteiger charge is 2.09. The number of H-pyrrole nitrogens is 1. The van der Waals surface area contributed by atoms with Gasteiger partial charge >= 0.3 is 0 Å². The Labute approximate surface area is 105 Å². The zero-order valence-electron chi connectivity index (χ0n) is 10.2. The first-order valence-electron chi connectivity index (χ1n) is 5.48. The van der Waals surface area contributed by atoms with Crippen LogP contribution in [0.4, 0.5) is 0 Å². The van der Waals surface area contributed by atoms with Gasteiger partial charge in [-0.15, -0.1) is 0 Å². The predicted molar refractivity (Wildman–Crippen MR) is 69.4 cm³/mol. The van der Waals surface area contributed by atoms with Gasteiger partial charge in [-0.2, -0.15) is 5.10 Å². The van der Waals surface area contributed by atoms with Crippen LogP contribution in [0.25, 0.3) is 5.69 Å². The highest BCUT2D eigenvalue weighted by Crippen LogP contribution is 2.22. The molecule has 1 N–H and O–H groups in total. The van der Waals surface area contributed by atoms with Gasteiger partial charge in [-0.05, 0) is 30.8 Å². The van der Waals surface area contributed by atoms with E-state index in [1.165, 1.54) is 0 Å². The van der Waals surface area contributed by atoms with Crippen LogP contribution in [0.5, 0.6) is 5.75 Å². The van der Waals surface area contributed by atoms with E-state index in [1.807, 2.05) is 29.7 Å². The lowest BCUT2D eigenvalue weighted by molar-refractivity contribution is 0.414. The van der Waals surface area contributed by atoms with E-state index in [-0.39, 0.29) is 0 Å². The third-order valence-corrected chi connectivity index (χ3v) is 2.99. The monoisotopic (exact) mass is 249 g/mol. The Morgan fingerprint density at radius 3 is 2.88 bits per heavy atom. The average molecular weight is 249 g/mol. The third-order valence-electron chi connectivity index (χ3n) is 2.72. The number of hydrogen-bond acceptors (Lipinski definition) is 3. The summed E-state index contributed by atoms with van der Waals surface area (Å²) in [5, 5.41) is 7.04. The van der Waals surface area contributed by atoms with E-state index < -0.39 is 0 Å². The molecule has 0 bridgehead atoms. The molecule has 90 valence electrons. The predicted octanol–water partition coefficient (Wildman–Crippen LogP) is 2.81. The van der Waals surface area contributed by atoms with E-state index in [0.29, 0.717) is 4.77 Å². The molecule has 2 aromatic rings. The zero-order chi connectivity index (χ0) is 12.4. The average Bonchev–Trinajstić information content (AvgIpc) is 2.71. The molecule has 2 rings (SSSR count). The quantitative estimate of drug-likeness (QED) is 0.851. The van der Waals surface area contributed by atoms with Crippen molar-refractivity contribution in [2.45, 2.75) is 20.3 Å². The van der Waals surface area contributed by atoms with Crippen LogP contribution in [-0.4, -0.2) is 21.9 Å². The summed E-state index contributed by atoms with van der Waals surface area (Å²) in [5.41, 5.74) is 2.15. The van der Waals surface area contributed by atoms with Crippen molar-refractivity contribution in [3.05, 3.63) is 34.4 Å². The smallest absolute Gasteiger partial charge is 0.199 e. The van der Waals surface area contributed by atoms with Crippen LogP contribution in [0.2, 0.25) is 0 Å². The van der Waals surface area contributed by atoms with E-state index in [2.05, 4.69) is 17.1 Å².